The predicted molar refractivity (Wildman–Crippen MR) is 83.3 cm³/mol. The van der Waals surface area contributed by atoms with Crippen molar-refractivity contribution in [2.24, 2.45) is 5.92 Å². The number of Topliss-reactive ketones (excluding diaryl/α,β-unsaturated/α-hetero) is 1. The molecule has 0 radical (unpaired) electrons. The summed E-state index contributed by atoms with van der Waals surface area (Å²) in [4.78, 5) is 26.8. The Bertz CT molecular complexity index is 546. The van der Waals surface area contributed by atoms with Gasteiger partial charge in [-0.05, 0) is 44.2 Å². The second-order valence-corrected chi connectivity index (χ2v) is 6.34. The Balaban J connectivity index is 1.94. The van der Waals surface area contributed by atoms with Crippen LogP contribution in [0.3, 0.4) is 0 Å². The number of hydrogen-bond acceptors (Lipinski definition) is 2. The predicted octanol–water partition coefficient (Wildman–Crippen LogP) is 3.50. The fraction of sp³-hybridized carbons (Fsp3) is 0.556. The second-order valence-electron chi connectivity index (χ2n) is 6.34. The molecule has 1 heterocycles. The van der Waals surface area contributed by atoms with Crippen LogP contribution in [0, 0.1) is 5.92 Å². The first kappa shape index (κ1) is 14.3. The minimum atomic E-state index is -0.269. The van der Waals surface area contributed by atoms with E-state index < -0.39 is 0 Å². The zero-order chi connectivity index (χ0) is 14.8. The molecule has 0 bridgehead atoms. The van der Waals surface area contributed by atoms with Crippen LogP contribution in [0.5, 0.6) is 0 Å². The third-order valence-electron chi connectivity index (χ3n) is 4.91. The molecule has 1 aromatic rings. The number of fused-ring (bicyclic) bond motifs is 1. The first-order valence-electron chi connectivity index (χ1n) is 8.10. The number of aryl methyl sites for hydroxylation is 1. The molecule has 0 N–H and O–H groups in total. The van der Waals surface area contributed by atoms with E-state index in [2.05, 4.69) is 6.07 Å². The van der Waals surface area contributed by atoms with Crippen LogP contribution in [0.2, 0.25) is 0 Å². The normalized spacial score (nSPS) is 22.7. The number of carbonyl (C=O) groups is 2. The third kappa shape index (κ3) is 2.74. The highest BCUT2D eigenvalue weighted by molar-refractivity contribution is 6.03. The maximum atomic E-state index is 13.0. The van der Waals surface area contributed by atoms with Gasteiger partial charge in [-0.25, -0.2) is 0 Å². The number of anilines is 1. The SMILES string of the molecule is CC(=O)C1CCc2ccccc2N1C(=O)C1CCCCC1. The number of amides is 1. The molecule has 1 unspecified atom stereocenters. The van der Waals surface area contributed by atoms with Gasteiger partial charge >= 0.3 is 0 Å². The minimum Gasteiger partial charge on any atom is -0.301 e. The highest BCUT2D eigenvalue weighted by Gasteiger charge is 2.36. The molecular weight excluding hydrogens is 262 g/mol. The molecule has 1 aromatic carbocycles. The fourth-order valence-electron chi connectivity index (χ4n) is 3.75. The van der Waals surface area contributed by atoms with Crippen molar-refractivity contribution >= 4 is 17.4 Å². The van der Waals surface area contributed by atoms with Crippen molar-refractivity contribution in [3.63, 3.8) is 0 Å². The lowest BCUT2D eigenvalue weighted by Gasteiger charge is -2.38. The molecule has 1 atom stereocenters. The summed E-state index contributed by atoms with van der Waals surface area (Å²) in [6.45, 7) is 1.61. The van der Waals surface area contributed by atoms with Crippen molar-refractivity contribution in [3.05, 3.63) is 29.8 Å². The van der Waals surface area contributed by atoms with Crippen LogP contribution >= 0.6 is 0 Å². The molecule has 0 spiro atoms. The van der Waals surface area contributed by atoms with Crippen molar-refractivity contribution in [2.45, 2.75) is 57.9 Å². The average molecular weight is 285 g/mol. The summed E-state index contributed by atoms with van der Waals surface area (Å²) in [5.74, 6) is 0.377. The van der Waals surface area contributed by atoms with E-state index in [4.69, 9.17) is 0 Å². The number of nitrogens with zero attached hydrogens (tertiary/aromatic N) is 1. The van der Waals surface area contributed by atoms with Crippen molar-refractivity contribution in [1.29, 1.82) is 0 Å². The first-order chi connectivity index (χ1) is 10.2. The zero-order valence-corrected chi connectivity index (χ0v) is 12.7. The standard InChI is InChI=1S/C18H23NO2/c1-13(20)16-12-11-14-7-5-6-10-17(14)19(16)18(21)15-8-3-2-4-9-15/h5-7,10,15-16H,2-4,8-9,11-12H2,1H3. The molecule has 21 heavy (non-hydrogen) atoms. The Morgan fingerprint density at radius 3 is 2.48 bits per heavy atom. The molecular formula is C18H23NO2. The lowest BCUT2D eigenvalue weighted by molar-refractivity contribution is -0.127. The molecule has 0 saturated heterocycles. The molecule has 1 aliphatic carbocycles. The number of para-hydroxylation sites is 1. The van der Waals surface area contributed by atoms with Crippen LogP contribution in [0.15, 0.2) is 24.3 Å². The monoisotopic (exact) mass is 285 g/mol. The Labute approximate surface area is 126 Å². The van der Waals surface area contributed by atoms with Crippen LogP contribution in [-0.4, -0.2) is 17.7 Å². The Hall–Kier alpha value is -1.64. The molecule has 112 valence electrons. The number of benzene rings is 1. The summed E-state index contributed by atoms with van der Waals surface area (Å²) in [6.07, 6.45) is 7.09. The maximum absolute atomic E-state index is 13.0. The van der Waals surface area contributed by atoms with E-state index in [1.165, 1.54) is 12.0 Å². The minimum absolute atomic E-state index is 0.103. The summed E-state index contributed by atoms with van der Waals surface area (Å²) in [7, 11) is 0. The lowest BCUT2D eigenvalue weighted by atomic mass is 9.86. The van der Waals surface area contributed by atoms with Gasteiger partial charge in [0, 0.05) is 11.6 Å². The highest BCUT2D eigenvalue weighted by Crippen LogP contribution is 2.35. The molecule has 3 nitrogen and oxygen atoms in total. The van der Waals surface area contributed by atoms with Gasteiger partial charge in [0.2, 0.25) is 5.91 Å². The summed E-state index contributed by atoms with van der Waals surface area (Å²) >= 11 is 0. The van der Waals surface area contributed by atoms with Gasteiger partial charge in [0.05, 0.1) is 6.04 Å². The number of rotatable bonds is 2. The van der Waals surface area contributed by atoms with Gasteiger partial charge in [-0.15, -0.1) is 0 Å². The first-order valence-corrected chi connectivity index (χ1v) is 8.10. The van der Waals surface area contributed by atoms with Gasteiger partial charge in [0.25, 0.3) is 0 Å². The molecule has 3 rings (SSSR count). The van der Waals surface area contributed by atoms with Gasteiger partial charge in [-0.3, -0.25) is 9.59 Å². The zero-order valence-electron chi connectivity index (χ0n) is 12.7. The van der Waals surface area contributed by atoms with E-state index in [1.54, 1.807) is 6.92 Å². The van der Waals surface area contributed by atoms with Crippen LogP contribution < -0.4 is 4.90 Å². The van der Waals surface area contributed by atoms with E-state index >= 15 is 0 Å². The number of hydrogen-bond donors (Lipinski definition) is 0. The number of ketones is 1. The maximum Gasteiger partial charge on any atom is 0.230 e. The average Bonchev–Trinajstić information content (AvgIpc) is 2.53. The summed E-state index contributed by atoms with van der Waals surface area (Å²) in [5, 5.41) is 0. The molecule has 1 fully saturated rings. The summed E-state index contributed by atoms with van der Waals surface area (Å²) < 4.78 is 0. The van der Waals surface area contributed by atoms with E-state index in [-0.39, 0.29) is 23.7 Å². The van der Waals surface area contributed by atoms with E-state index in [0.29, 0.717) is 0 Å². The van der Waals surface area contributed by atoms with E-state index in [9.17, 15) is 9.59 Å². The van der Waals surface area contributed by atoms with Crippen molar-refractivity contribution < 1.29 is 9.59 Å². The van der Waals surface area contributed by atoms with Gasteiger partial charge in [-0.2, -0.15) is 0 Å². The fourth-order valence-corrected chi connectivity index (χ4v) is 3.75. The van der Waals surface area contributed by atoms with Crippen LogP contribution in [0.1, 0.15) is 51.0 Å². The van der Waals surface area contributed by atoms with Crippen LogP contribution in [0.4, 0.5) is 5.69 Å². The van der Waals surface area contributed by atoms with Gasteiger partial charge in [-0.1, -0.05) is 37.5 Å². The largest absolute Gasteiger partial charge is 0.301 e. The molecule has 3 heteroatoms. The molecule has 0 aromatic heterocycles. The smallest absolute Gasteiger partial charge is 0.230 e. The van der Waals surface area contributed by atoms with Crippen molar-refractivity contribution in [2.75, 3.05) is 4.90 Å². The quantitative estimate of drug-likeness (QED) is 0.834. The van der Waals surface area contributed by atoms with Crippen molar-refractivity contribution in [3.8, 4) is 0 Å². The highest BCUT2D eigenvalue weighted by atomic mass is 16.2. The molecule has 2 aliphatic rings. The molecule has 1 saturated carbocycles. The lowest BCUT2D eigenvalue weighted by Crippen LogP contribution is -2.50. The van der Waals surface area contributed by atoms with E-state index in [0.717, 1.165) is 44.2 Å². The summed E-state index contributed by atoms with van der Waals surface area (Å²) in [6, 6.07) is 7.77. The van der Waals surface area contributed by atoms with Gasteiger partial charge < -0.3 is 4.90 Å². The topological polar surface area (TPSA) is 37.4 Å². The molecule has 1 aliphatic heterocycles. The van der Waals surface area contributed by atoms with Crippen LogP contribution in [0.25, 0.3) is 0 Å². The Kier molecular flexibility index (Phi) is 4.09. The van der Waals surface area contributed by atoms with Gasteiger partial charge in [0.15, 0.2) is 5.78 Å². The van der Waals surface area contributed by atoms with E-state index in [1.807, 2.05) is 23.1 Å². The Morgan fingerprint density at radius 1 is 1.05 bits per heavy atom. The van der Waals surface area contributed by atoms with Crippen LogP contribution in [-0.2, 0) is 16.0 Å². The molecule has 1 amide bonds. The number of carbonyl (C=O) groups excluding carboxylic acids is 2. The third-order valence-corrected chi connectivity index (χ3v) is 4.91. The van der Waals surface area contributed by atoms with Gasteiger partial charge in [0.1, 0.15) is 0 Å². The van der Waals surface area contributed by atoms with Crippen molar-refractivity contribution in [1.82, 2.24) is 0 Å². The summed E-state index contributed by atoms with van der Waals surface area (Å²) in [5.41, 5.74) is 2.15. The Morgan fingerprint density at radius 2 is 1.76 bits per heavy atom. The second kappa shape index (κ2) is 6.00.